The van der Waals surface area contributed by atoms with Crippen LogP contribution in [-0.2, 0) is 16.0 Å². The maximum atomic E-state index is 12.9. The summed E-state index contributed by atoms with van der Waals surface area (Å²) in [4.78, 5) is 49.2. The molecule has 33 heavy (non-hydrogen) atoms. The Morgan fingerprint density at radius 3 is 2.21 bits per heavy atom. The van der Waals surface area contributed by atoms with Gasteiger partial charge >= 0.3 is 0 Å². The van der Waals surface area contributed by atoms with Gasteiger partial charge in [-0.2, -0.15) is 0 Å². The smallest absolute Gasteiger partial charge is 0.269 e. The Bertz CT molecular complexity index is 1010. The van der Waals surface area contributed by atoms with Crippen LogP contribution in [0.15, 0.2) is 48.5 Å². The number of nitrogens with zero attached hydrogens (tertiary/aromatic N) is 2. The maximum absolute atomic E-state index is 12.9. The molecule has 9 heteroatoms. The van der Waals surface area contributed by atoms with Gasteiger partial charge in [-0.05, 0) is 37.5 Å². The second-order valence-electron chi connectivity index (χ2n) is 8.32. The van der Waals surface area contributed by atoms with Crippen molar-refractivity contribution >= 4 is 23.4 Å². The number of carbonyl (C=O) groups excluding carboxylic acids is 3. The zero-order valence-corrected chi connectivity index (χ0v) is 18.7. The molecular formula is C24H28N4O5. The second kappa shape index (κ2) is 10.7. The quantitative estimate of drug-likeness (QED) is 0.493. The number of hydrogen-bond acceptors (Lipinski definition) is 5. The van der Waals surface area contributed by atoms with Crippen LogP contribution < -0.4 is 10.6 Å². The van der Waals surface area contributed by atoms with E-state index in [-0.39, 0.29) is 29.5 Å². The minimum atomic E-state index is -0.676. The molecule has 0 unspecified atom stereocenters. The number of nitrogens with one attached hydrogen (secondary N) is 2. The fourth-order valence-electron chi connectivity index (χ4n) is 3.85. The van der Waals surface area contributed by atoms with E-state index in [2.05, 4.69) is 10.6 Å². The minimum absolute atomic E-state index is 0.0627. The highest BCUT2D eigenvalue weighted by Crippen LogP contribution is 2.17. The Labute approximate surface area is 192 Å². The molecule has 1 fully saturated rings. The van der Waals surface area contributed by atoms with Gasteiger partial charge in [-0.15, -0.1) is 0 Å². The lowest BCUT2D eigenvalue weighted by atomic mass is 10.0. The third-order valence-corrected chi connectivity index (χ3v) is 5.71. The number of benzene rings is 2. The first-order chi connectivity index (χ1) is 15.7. The van der Waals surface area contributed by atoms with Crippen molar-refractivity contribution in [3.05, 3.63) is 75.3 Å². The summed E-state index contributed by atoms with van der Waals surface area (Å²) in [5, 5.41) is 16.5. The van der Waals surface area contributed by atoms with Crippen LogP contribution >= 0.6 is 0 Å². The van der Waals surface area contributed by atoms with Crippen molar-refractivity contribution < 1.29 is 19.3 Å². The lowest BCUT2D eigenvalue weighted by molar-refractivity contribution is -0.384. The predicted octanol–water partition coefficient (Wildman–Crippen LogP) is 2.37. The van der Waals surface area contributed by atoms with Crippen molar-refractivity contribution in [2.75, 3.05) is 13.1 Å². The second-order valence-corrected chi connectivity index (χ2v) is 8.32. The minimum Gasteiger partial charge on any atom is -0.351 e. The fraction of sp³-hybridized carbons (Fsp3) is 0.375. The molecule has 3 amide bonds. The number of aryl methyl sites for hydroxylation is 1. The third kappa shape index (κ3) is 6.61. The van der Waals surface area contributed by atoms with E-state index in [1.807, 2.05) is 31.2 Å². The first-order valence-electron chi connectivity index (χ1n) is 10.9. The van der Waals surface area contributed by atoms with E-state index in [4.69, 9.17) is 0 Å². The van der Waals surface area contributed by atoms with Gasteiger partial charge in [-0.3, -0.25) is 24.5 Å². The summed E-state index contributed by atoms with van der Waals surface area (Å²) in [6.07, 6.45) is 1.56. The Balaban J connectivity index is 1.55. The molecule has 0 bridgehead atoms. The largest absolute Gasteiger partial charge is 0.351 e. The Morgan fingerprint density at radius 1 is 1.06 bits per heavy atom. The van der Waals surface area contributed by atoms with E-state index in [0.29, 0.717) is 37.9 Å². The van der Waals surface area contributed by atoms with Gasteiger partial charge in [0.1, 0.15) is 6.04 Å². The molecule has 0 saturated carbocycles. The zero-order chi connectivity index (χ0) is 24.0. The number of nitro groups is 1. The molecule has 1 aliphatic heterocycles. The topological polar surface area (TPSA) is 122 Å². The van der Waals surface area contributed by atoms with Crippen molar-refractivity contribution in [1.29, 1.82) is 0 Å². The highest BCUT2D eigenvalue weighted by atomic mass is 16.6. The maximum Gasteiger partial charge on any atom is 0.269 e. The standard InChI is InChI=1S/C24H28N4O5/c1-16-3-5-18(6-4-16)15-22(25-17(2)29)23(30)26-20-11-13-27(14-12-20)24(31)19-7-9-21(10-8-19)28(32)33/h3-10,20,22H,11-15H2,1-2H3,(H,25,29)(H,26,30)/t22-/m0/s1. The van der Waals surface area contributed by atoms with Crippen molar-refractivity contribution in [2.45, 2.75) is 45.2 Å². The van der Waals surface area contributed by atoms with Crippen molar-refractivity contribution in [3.63, 3.8) is 0 Å². The monoisotopic (exact) mass is 452 g/mol. The molecule has 3 rings (SSSR count). The van der Waals surface area contributed by atoms with E-state index in [1.165, 1.54) is 31.2 Å². The number of hydrogen-bond donors (Lipinski definition) is 2. The average molecular weight is 453 g/mol. The van der Waals surface area contributed by atoms with Crippen molar-refractivity contribution in [2.24, 2.45) is 0 Å². The lowest BCUT2D eigenvalue weighted by Gasteiger charge is -2.33. The zero-order valence-electron chi connectivity index (χ0n) is 18.7. The first-order valence-corrected chi connectivity index (χ1v) is 10.9. The molecule has 1 saturated heterocycles. The number of amides is 3. The molecule has 0 spiro atoms. The molecule has 0 aromatic heterocycles. The van der Waals surface area contributed by atoms with Gasteiger partial charge in [-0.1, -0.05) is 29.8 Å². The van der Waals surface area contributed by atoms with E-state index in [9.17, 15) is 24.5 Å². The van der Waals surface area contributed by atoms with E-state index in [1.54, 1.807) is 4.90 Å². The van der Waals surface area contributed by atoms with Crippen LogP contribution in [-0.4, -0.2) is 52.7 Å². The molecule has 2 aromatic rings. The summed E-state index contributed by atoms with van der Waals surface area (Å²) in [6, 6.07) is 12.6. The van der Waals surface area contributed by atoms with E-state index < -0.39 is 11.0 Å². The Kier molecular flexibility index (Phi) is 7.76. The molecule has 174 valence electrons. The number of piperidine rings is 1. The van der Waals surface area contributed by atoms with Gasteiger partial charge in [0.25, 0.3) is 11.6 Å². The summed E-state index contributed by atoms with van der Waals surface area (Å²) in [7, 11) is 0. The molecule has 2 aromatic carbocycles. The molecule has 0 aliphatic carbocycles. The summed E-state index contributed by atoms with van der Waals surface area (Å²) in [6.45, 7) is 4.30. The van der Waals surface area contributed by atoms with Crippen LogP contribution in [0.25, 0.3) is 0 Å². The van der Waals surface area contributed by atoms with Crippen molar-refractivity contribution in [1.82, 2.24) is 15.5 Å². The summed E-state index contributed by atoms with van der Waals surface area (Å²) in [5.41, 5.74) is 2.41. The number of likely N-dealkylation sites (tertiary alicyclic amines) is 1. The first kappa shape index (κ1) is 23.9. The van der Waals surface area contributed by atoms with Crippen LogP contribution in [0.1, 0.15) is 41.3 Å². The fourth-order valence-corrected chi connectivity index (χ4v) is 3.85. The molecule has 9 nitrogen and oxygen atoms in total. The van der Waals surface area contributed by atoms with Gasteiger partial charge < -0.3 is 15.5 Å². The third-order valence-electron chi connectivity index (χ3n) is 5.71. The molecule has 2 N–H and O–H groups in total. The Hall–Kier alpha value is -3.75. The summed E-state index contributed by atoms with van der Waals surface area (Å²) >= 11 is 0. The molecule has 1 atom stereocenters. The van der Waals surface area contributed by atoms with Gasteiger partial charge in [0.05, 0.1) is 4.92 Å². The van der Waals surface area contributed by atoms with E-state index >= 15 is 0 Å². The molecule has 1 heterocycles. The number of nitro benzene ring substituents is 1. The van der Waals surface area contributed by atoms with Crippen LogP contribution in [0.4, 0.5) is 5.69 Å². The van der Waals surface area contributed by atoms with Crippen LogP contribution in [0, 0.1) is 17.0 Å². The van der Waals surface area contributed by atoms with Crippen LogP contribution in [0.3, 0.4) is 0 Å². The Morgan fingerprint density at radius 2 is 1.67 bits per heavy atom. The van der Waals surface area contributed by atoms with E-state index in [0.717, 1.165) is 11.1 Å². The number of carbonyl (C=O) groups is 3. The predicted molar refractivity (Wildman–Crippen MR) is 123 cm³/mol. The van der Waals surface area contributed by atoms with Gasteiger partial charge in [-0.25, -0.2) is 0 Å². The van der Waals surface area contributed by atoms with Crippen molar-refractivity contribution in [3.8, 4) is 0 Å². The molecule has 0 radical (unpaired) electrons. The van der Waals surface area contributed by atoms with Gasteiger partial charge in [0.15, 0.2) is 0 Å². The molecular weight excluding hydrogens is 424 g/mol. The average Bonchev–Trinajstić information content (AvgIpc) is 2.80. The molecule has 1 aliphatic rings. The van der Waals surface area contributed by atoms with Crippen LogP contribution in [0.5, 0.6) is 0 Å². The summed E-state index contributed by atoms with van der Waals surface area (Å²) < 4.78 is 0. The SMILES string of the molecule is CC(=O)N[C@@H](Cc1ccc(C)cc1)C(=O)NC1CCN(C(=O)c2ccc([N+](=O)[O-])cc2)CC1. The number of rotatable bonds is 7. The highest BCUT2D eigenvalue weighted by molar-refractivity contribution is 5.94. The normalized spacial score (nSPS) is 14.9. The lowest BCUT2D eigenvalue weighted by Crippen LogP contribution is -2.53. The number of non-ortho nitro benzene ring substituents is 1. The van der Waals surface area contributed by atoms with Crippen LogP contribution in [0.2, 0.25) is 0 Å². The highest BCUT2D eigenvalue weighted by Gasteiger charge is 2.27. The summed E-state index contributed by atoms with van der Waals surface area (Å²) in [5.74, 6) is -0.707. The van der Waals surface area contributed by atoms with Gasteiger partial charge in [0, 0.05) is 50.2 Å². The van der Waals surface area contributed by atoms with Gasteiger partial charge in [0.2, 0.25) is 11.8 Å².